The van der Waals surface area contributed by atoms with Crippen LogP contribution in [0.15, 0.2) is 25.3 Å². The lowest BCUT2D eigenvalue weighted by Gasteiger charge is -2.39. The van der Waals surface area contributed by atoms with Gasteiger partial charge in [-0.1, -0.05) is 63.5 Å². The first kappa shape index (κ1) is 23.4. The Morgan fingerprint density at radius 3 is 1.25 bits per heavy atom. The van der Waals surface area contributed by atoms with Crippen LogP contribution < -0.4 is 0 Å². The molecule has 0 unspecified atom stereocenters. The summed E-state index contributed by atoms with van der Waals surface area (Å²) in [5.74, 6) is 0. The van der Waals surface area contributed by atoms with Crippen molar-refractivity contribution in [2.75, 3.05) is 0 Å². The molecule has 2 heteroatoms. The van der Waals surface area contributed by atoms with E-state index in [4.69, 9.17) is 0 Å². The molecule has 0 radical (unpaired) electrons. The third kappa shape index (κ3) is 11.0. The summed E-state index contributed by atoms with van der Waals surface area (Å²) < 4.78 is 0. The largest absolute Gasteiger partial charge is 0.387 e. The standard InChI is InChI=1S/C22H42O2/c1-5-7-9-11-12-13-14-16-18-20-22(4,24)21(3,23)19-17-15-10-8-6-2/h5-6,23-24H,1-2,7-20H2,3-4H3/t21-,22+/m0/s1. The first-order valence-corrected chi connectivity index (χ1v) is 10.0. The number of rotatable bonds is 17. The second-order valence-electron chi connectivity index (χ2n) is 7.74. The van der Waals surface area contributed by atoms with E-state index in [1.165, 1.54) is 32.1 Å². The van der Waals surface area contributed by atoms with Crippen molar-refractivity contribution in [2.24, 2.45) is 0 Å². The van der Waals surface area contributed by atoms with Gasteiger partial charge in [-0.2, -0.15) is 0 Å². The van der Waals surface area contributed by atoms with Crippen molar-refractivity contribution in [1.29, 1.82) is 0 Å². The van der Waals surface area contributed by atoms with Crippen molar-refractivity contribution in [3.63, 3.8) is 0 Å². The highest BCUT2D eigenvalue weighted by atomic mass is 16.4. The van der Waals surface area contributed by atoms with Gasteiger partial charge in [-0.15, -0.1) is 13.2 Å². The maximum atomic E-state index is 10.7. The van der Waals surface area contributed by atoms with Gasteiger partial charge in [-0.05, 0) is 52.4 Å². The molecule has 0 fully saturated rings. The van der Waals surface area contributed by atoms with Gasteiger partial charge < -0.3 is 10.2 Å². The molecule has 0 spiro atoms. The molecule has 0 heterocycles. The molecule has 0 amide bonds. The predicted octanol–water partition coefficient (Wildman–Crippen LogP) is 6.32. The summed E-state index contributed by atoms with van der Waals surface area (Å²) in [6.45, 7) is 11.1. The minimum absolute atomic E-state index is 0.667. The Hall–Kier alpha value is -0.600. The van der Waals surface area contributed by atoms with E-state index in [-0.39, 0.29) is 0 Å². The fourth-order valence-electron chi connectivity index (χ4n) is 3.12. The topological polar surface area (TPSA) is 40.5 Å². The lowest BCUT2D eigenvalue weighted by atomic mass is 9.78. The molecule has 0 saturated carbocycles. The van der Waals surface area contributed by atoms with Gasteiger partial charge in [0.25, 0.3) is 0 Å². The third-order valence-corrected chi connectivity index (χ3v) is 5.30. The van der Waals surface area contributed by atoms with E-state index in [1.54, 1.807) is 13.8 Å². The fourth-order valence-corrected chi connectivity index (χ4v) is 3.12. The molecule has 0 aliphatic heterocycles. The van der Waals surface area contributed by atoms with Crippen LogP contribution in [0.2, 0.25) is 0 Å². The van der Waals surface area contributed by atoms with Gasteiger partial charge in [0.15, 0.2) is 0 Å². The van der Waals surface area contributed by atoms with E-state index in [9.17, 15) is 10.2 Å². The van der Waals surface area contributed by atoms with Crippen molar-refractivity contribution in [2.45, 2.75) is 115 Å². The Morgan fingerprint density at radius 1 is 0.583 bits per heavy atom. The molecule has 0 aliphatic rings. The van der Waals surface area contributed by atoms with Crippen LogP contribution in [0.3, 0.4) is 0 Å². The number of hydrogen-bond acceptors (Lipinski definition) is 2. The van der Waals surface area contributed by atoms with Crippen LogP contribution in [-0.4, -0.2) is 21.4 Å². The number of allylic oxidation sites excluding steroid dienone is 2. The monoisotopic (exact) mass is 338 g/mol. The molecule has 0 saturated heterocycles. The Kier molecular flexibility index (Phi) is 13.3. The minimum atomic E-state index is -0.994. The summed E-state index contributed by atoms with van der Waals surface area (Å²) >= 11 is 0. The molecular formula is C22H42O2. The zero-order valence-corrected chi connectivity index (χ0v) is 16.4. The van der Waals surface area contributed by atoms with Crippen molar-refractivity contribution >= 4 is 0 Å². The fraction of sp³-hybridized carbons (Fsp3) is 0.818. The summed E-state index contributed by atoms with van der Waals surface area (Å²) in [6.07, 6.45) is 19.1. The zero-order valence-electron chi connectivity index (χ0n) is 16.4. The molecule has 0 rings (SSSR count). The molecule has 24 heavy (non-hydrogen) atoms. The highest BCUT2D eigenvalue weighted by Crippen LogP contribution is 2.32. The third-order valence-electron chi connectivity index (χ3n) is 5.30. The molecule has 0 aromatic heterocycles. The first-order valence-electron chi connectivity index (χ1n) is 10.0. The van der Waals surface area contributed by atoms with Crippen molar-refractivity contribution < 1.29 is 10.2 Å². The van der Waals surface area contributed by atoms with Gasteiger partial charge in [-0.3, -0.25) is 0 Å². The normalized spacial score (nSPS) is 16.3. The summed E-state index contributed by atoms with van der Waals surface area (Å²) in [7, 11) is 0. The predicted molar refractivity (Wildman–Crippen MR) is 106 cm³/mol. The number of unbranched alkanes of at least 4 members (excludes halogenated alkanes) is 10. The Bertz CT molecular complexity index is 318. The molecule has 2 atom stereocenters. The van der Waals surface area contributed by atoms with Gasteiger partial charge in [-0.25, -0.2) is 0 Å². The molecule has 0 aliphatic carbocycles. The van der Waals surface area contributed by atoms with E-state index in [0.717, 1.165) is 44.9 Å². The molecular weight excluding hydrogens is 296 g/mol. The van der Waals surface area contributed by atoms with E-state index in [1.807, 2.05) is 12.2 Å². The van der Waals surface area contributed by atoms with E-state index in [0.29, 0.717) is 12.8 Å². The van der Waals surface area contributed by atoms with Crippen LogP contribution in [0, 0.1) is 0 Å². The van der Waals surface area contributed by atoms with Crippen LogP contribution in [-0.2, 0) is 0 Å². The lowest BCUT2D eigenvalue weighted by Crippen LogP contribution is -2.49. The average molecular weight is 339 g/mol. The quantitative estimate of drug-likeness (QED) is 0.240. The van der Waals surface area contributed by atoms with Crippen LogP contribution in [0.5, 0.6) is 0 Å². The van der Waals surface area contributed by atoms with Gasteiger partial charge in [0.2, 0.25) is 0 Å². The second kappa shape index (κ2) is 13.7. The van der Waals surface area contributed by atoms with Crippen LogP contribution in [0.1, 0.15) is 104 Å². The van der Waals surface area contributed by atoms with Gasteiger partial charge in [0, 0.05) is 0 Å². The van der Waals surface area contributed by atoms with Crippen molar-refractivity contribution in [3.8, 4) is 0 Å². The second-order valence-corrected chi connectivity index (χ2v) is 7.74. The maximum absolute atomic E-state index is 10.7. The molecule has 2 nitrogen and oxygen atoms in total. The Balaban J connectivity index is 3.80. The Labute approximate surface area is 151 Å². The van der Waals surface area contributed by atoms with Gasteiger partial charge in [0.05, 0.1) is 11.2 Å². The summed E-state index contributed by atoms with van der Waals surface area (Å²) in [5.41, 5.74) is -1.98. The van der Waals surface area contributed by atoms with Crippen molar-refractivity contribution in [3.05, 3.63) is 25.3 Å². The first-order chi connectivity index (χ1) is 11.4. The van der Waals surface area contributed by atoms with Crippen LogP contribution >= 0.6 is 0 Å². The highest BCUT2D eigenvalue weighted by molar-refractivity contribution is 4.93. The SMILES string of the molecule is C=CCCCCCCCCC[C@@](C)(O)[C@@](C)(O)CCCCCC=C. The van der Waals surface area contributed by atoms with E-state index >= 15 is 0 Å². The summed E-state index contributed by atoms with van der Waals surface area (Å²) in [4.78, 5) is 0. The molecule has 2 N–H and O–H groups in total. The number of hydrogen-bond donors (Lipinski definition) is 2. The molecule has 0 aromatic carbocycles. The number of aliphatic hydroxyl groups is 2. The van der Waals surface area contributed by atoms with Gasteiger partial charge in [0.1, 0.15) is 0 Å². The average Bonchev–Trinajstić information content (AvgIpc) is 2.53. The molecule has 142 valence electrons. The van der Waals surface area contributed by atoms with E-state index < -0.39 is 11.2 Å². The minimum Gasteiger partial charge on any atom is -0.387 e. The summed E-state index contributed by atoms with van der Waals surface area (Å²) in [5, 5.41) is 21.3. The van der Waals surface area contributed by atoms with Crippen LogP contribution in [0.25, 0.3) is 0 Å². The lowest BCUT2D eigenvalue weighted by molar-refractivity contribution is -0.140. The maximum Gasteiger partial charge on any atom is 0.0902 e. The smallest absolute Gasteiger partial charge is 0.0902 e. The van der Waals surface area contributed by atoms with E-state index in [2.05, 4.69) is 13.2 Å². The molecule has 0 bridgehead atoms. The Morgan fingerprint density at radius 2 is 0.875 bits per heavy atom. The van der Waals surface area contributed by atoms with Crippen LogP contribution in [0.4, 0.5) is 0 Å². The molecule has 0 aromatic rings. The van der Waals surface area contributed by atoms with Crippen molar-refractivity contribution in [1.82, 2.24) is 0 Å². The van der Waals surface area contributed by atoms with Gasteiger partial charge >= 0.3 is 0 Å². The summed E-state index contributed by atoms with van der Waals surface area (Å²) in [6, 6.07) is 0. The highest BCUT2D eigenvalue weighted by Gasteiger charge is 2.40. The zero-order chi connectivity index (χ0) is 18.3.